The second-order valence-electron chi connectivity index (χ2n) is 6.16. The molecule has 0 atom stereocenters. The Labute approximate surface area is 163 Å². The third-order valence-corrected chi connectivity index (χ3v) is 4.98. The molecule has 2 aromatic carbocycles. The van der Waals surface area contributed by atoms with E-state index in [1.807, 2.05) is 55.5 Å². The molecule has 0 spiro atoms. The van der Waals surface area contributed by atoms with Crippen molar-refractivity contribution >= 4 is 17.7 Å². The summed E-state index contributed by atoms with van der Waals surface area (Å²) in [5.41, 5.74) is 2.98. The minimum atomic E-state index is -0.0167. The molecule has 1 heterocycles. The molecule has 0 aliphatic carbocycles. The highest BCUT2D eigenvalue weighted by atomic mass is 32.2. The van der Waals surface area contributed by atoms with Gasteiger partial charge in [0, 0.05) is 18.4 Å². The first-order valence-corrected chi connectivity index (χ1v) is 9.62. The molecule has 0 unspecified atom stereocenters. The monoisotopic (exact) mass is 382 g/mol. The second-order valence-corrected chi connectivity index (χ2v) is 7.13. The highest BCUT2D eigenvalue weighted by molar-refractivity contribution is 7.98. The summed E-state index contributed by atoms with van der Waals surface area (Å²) in [5.74, 6) is 1.57. The fourth-order valence-corrected chi connectivity index (χ4v) is 3.15. The summed E-state index contributed by atoms with van der Waals surface area (Å²) in [4.78, 5) is 18.3. The van der Waals surface area contributed by atoms with Gasteiger partial charge in [0.05, 0.1) is 6.54 Å². The second kappa shape index (κ2) is 9.23. The van der Waals surface area contributed by atoms with E-state index in [9.17, 15) is 4.79 Å². The zero-order valence-electron chi connectivity index (χ0n) is 15.4. The van der Waals surface area contributed by atoms with Crippen LogP contribution in [0, 0.1) is 6.92 Å². The van der Waals surface area contributed by atoms with Gasteiger partial charge in [0.15, 0.2) is 5.16 Å². The smallest absolute Gasteiger partial charge is 0.253 e. The van der Waals surface area contributed by atoms with Gasteiger partial charge >= 0.3 is 0 Å². The molecule has 1 amide bonds. The van der Waals surface area contributed by atoms with E-state index in [1.54, 1.807) is 23.7 Å². The fraction of sp³-hybridized carbons (Fsp3) is 0.250. The van der Waals surface area contributed by atoms with Gasteiger partial charge < -0.3 is 9.64 Å². The van der Waals surface area contributed by atoms with Crippen molar-refractivity contribution in [3.05, 3.63) is 71.5 Å². The van der Waals surface area contributed by atoms with Gasteiger partial charge in [-0.1, -0.05) is 41.6 Å². The van der Waals surface area contributed by atoms with Crippen molar-refractivity contribution in [1.82, 2.24) is 20.1 Å². The summed E-state index contributed by atoms with van der Waals surface area (Å²) in [6, 6.07) is 15.5. The van der Waals surface area contributed by atoms with Gasteiger partial charge in [0.1, 0.15) is 18.7 Å². The first kappa shape index (κ1) is 19.0. The number of likely N-dealkylation sites (N-methyl/N-ethyl adjacent to an activating group) is 1. The van der Waals surface area contributed by atoms with Crippen LogP contribution in [0.3, 0.4) is 0 Å². The molecule has 0 saturated heterocycles. The number of aryl methyl sites for hydroxylation is 1. The average Bonchev–Trinajstić information content (AvgIpc) is 3.21. The molecule has 0 aliphatic rings. The molecule has 140 valence electrons. The lowest BCUT2D eigenvalue weighted by atomic mass is 10.1. The lowest BCUT2D eigenvalue weighted by Crippen LogP contribution is -2.30. The van der Waals surface area contributed by atoms with Crippen LogP contribution >= 0.6 is 11.8 Å². The molecule has 0 aliphatic heterocycles. The Morgan fingerprint density at radius 3 is 2.56 bits per heavy atom. The minimum absolute atomic E-state index is 0.0167. The Morgan fingerprint density at radius 1 is 1.15 bits per heavy atom. The summed E-state index contributed by atoms with van der Waals surface area (Å²) in [7, 11) is 1.79. The van der Waals surface area contributed by atoms with E-state index in [1.165, 1.54) is 11.9 Å². The van der Waals surface area contributed by atoms with Gasteiger partial charge in [-0.05, 0) is 36.8 Å². The first-order valence-electron chi connectivity index (χ1n) is 8.64. The fourth-order valence-electron chi connectivity index (χ4n) is 2.42. The van der Waals surface area contributed by atoms with Crippen LogP contribution in [0.2, 0.25) is 0 Å². The zero-order valence-corrected chi connectivity index (χ0v) is 16.2. The molecule has 3 rings (SSSR count). The number of benzene rings is 2. The first-order chi connectivity index (χ1) is 13.1. The molecule has 0 bridgehead atoms. The predicted molar refractivity (Wildman–Crippen MR) is 106 cm³/mol. The van der Waals surface area contributed by atoms with Gasteiger partial charge in [-0.25, -0.2) is 4.98 Å². The maximum atomic E-state index is 12.5. The van der Waals surface area contributed by atoms with Crippen LogP contribution in [-0.2, 0) is 5.75 Å². The minimum Gasteiger partial charge on any atom is -0.492 e. The summed E-state index contributed by atoms with van der Waals surface area (Å²) >= 11 is 1.57. The normalized spacial score (nSPS) is 10.6. The molecule has 0 fully saturated rings. The Bertz CT molecular complexity index is 849. The number of H-pyrrole nitrogens is 1. The van der Waals surface area contributed by atoms with Gasteiger partial charge in [-0.15, -0.1) is 0 Å². The standard InChI is InChI=1S/C20H22N4O2S/c1-15-3-9-18(10-4-15)26-12-11-24(2)19(25)17-7-5-16(6-8-17)13-27-20-21-14-22-23-20/h3-10,14H,11-13H2,1-2H3,(H,21,22,23). The summed E-state index contributed by atoms with van der Waals surface area (Å²) < 4.78 is 5.69. The van der Waals surface area contributed by atoms with Crippen LogP contribution in [0.15, 0.2) is 60.0 Å². The van der Waals surface area contributed by atoms with Crippen LogP contribution in [0.25, 0.3) is 0 Å². The Balaban J connectivity index is 1.46. The van der Waals surface area contributed by atoms with Crippen molar-refractivity contribution in [3.8, 4) is 5.75 Å². The SMILES string of the molecule is Cc1ccc(OCCN(C)C(=O)c2ccc(CSc3ncn[nH]3)cc2)cc1. The number of carbonyl (C=O) groups excluding carboxylic acids is 1. The number of ether oxygens (including phenoxy) is 1. The van der Waals surface area contributed by atoms with E-state index >= 15 is 0 Å². The molecule has 1 N–H and O–H groups in total. The highest BCUT2D eigenvalue weighted by Crippen LogP contribution is 2.19. The van der Waals surface area contributed by atoms with Gasteiger partial charge in [-0.3, -0.25) is 9.89 Å². The number of hydrogen-bond acceptors (Lipinski definition) is 5. The number of nitrogens with zero attached hydrogens (tertiary/aromatic N) is 3. The van der Waals surface area contributed by atoms with Gasteiger partial charge in [0.25, 0.3) is 5.91 Å². The van der Waals surface area contributed by atoms with E-state index in [4.69, 9.17) is 4.74 Å². The Morgan fingerprint density at radius 2 is 1.89 bits per heavy atom. The van der Waals surface area contributed by atoms with Crippen molar-refractivity contribution in [1.29, 1.82) is 0 Å². The van der Waals surface area contributed by atoms with E-state index in [0.29, 0.717) is 18.7 Å². The third-order valence-electron chi connectivity index (χ3n) is 4.03. The number of aromatic amines is 1. The number of thioether (sulfide) groups is 1. The van der Waals surface area contributed by atoms with E-state index < -0.39 is 0 Å². The van der Waals surface area contributed by atoms with Crippen molar-refractivity contribution in [3.63, 3.8) is 0 Å². The number of hydrogen-bond donors (Lipinski definition) is 1. The van der Waals surface area contributed by atoms with Crippen LogP contribution in [0.5, 0.6) is 5.75 Å². The largest absolute Gasteiger partial charge is 0.492 e. The molecule has 0 radical (unpaired) electrons. The quantitative estimate of drug-likeness (QED) is 0.603. The number of nitrogens with one attached hydrogen (secondary N) is 1. The molecule has 3 aromatic rings. The summed E-state index contributed by atoms with van der Waals surface area (Å²) in [6.45, 7) is 3.02. The Hall–Kier alpha value is -2.80. The van der Waals surface area contributed by atoms with Crippen LogP contribution < -0.4 is 4.74 Å². The van der Waals surface area contributed by atoms with Crippen LogP contribution in [0.1, 0.15) is 21.5 Å². The van der Waals surface area contributed by atoms with E-state index in [0.717, 1.165) is 22.2 Å². The van der Waals surface area contributed by atoms with Crippen LogP contribution in [-0.4, -0.2) is 46.2 Å². The summed E-state index contributed by atoms with van der Waals surface area (Å²) in [6.07, 6.45) is 1.49. The molecule has 1 aromatic heterocycles. The third kappa shape index (κ3) is 5.59. The molecular weight excluding hydrogens is 360 g/mol. The number of aromatic nitrogens is 3. The van der Waals surface area contributed by atoms with Gasteiger partial charge in [-0.2, -0.15) is 5.10 Å². The van der Waals surface area contributed by atoms with Crippen LogP contribution in [0.4, 0.5) is 0 Å². The molecule has 7 heteroatoms. The number of carbonyl (C=O) groups is 1. The van der Waals surface area contributed by atoms with Gasteiger partial charge in [0.2, 0.25) is 0 Å². The topological polar surface area (TPSA) is 71.1 Å². The molecule has 27 heavy (non-hydrogen) atoms. The number of amides is 1. The lowest BCUT2D eigenvalue weighted by Gasteiger charge is -2.18. The van der Waals surface area contributed by atoms with Crippen molar-refractivity contribution < 1.29 is 9.53 Å². The summed E-state index contributed by atoms with van der Waals surface area (Å²) in [5, 5.41) is 7.42. The van der Waals surface area contributed by atoms with Crippen molar-refractivity contribution in [2.24, 2.45) is 0 Å². The Kier molecular flexibility index (Phi) is 6.49. The number of rotatable bonds is 8. The van der Waals surface area contributed by atoms with Crippen molar-refractivity contribution in [2.45, 2.75) is 17.8 Å². The van der Waals surface area contributed by atoms with E-state index in [2.05, 4.69) is 15.2 Å². The molecular formula is C20H22N4O2S. The molecule has 6 nitrogen and oxygen atoms in total. The van der Waals surface area contributed by atoms with E-state index in [-0.39, 0.29) is 5.91 Å². The lowest BCUT2D eigenvalue weighted by molar-refractivity contribution is 0.0774. The predicted octanol–water partition coefficient (Wildman–Crippen LogP) is 3.56. The zero-order chi connectivity index (χ0) is 19.1. The molecule has 0 saturated carbocycles. The maximum Gasteiger partial charge on any atom is 0.253 e. The maximum absolute atomic E-state index is 12.5. The highest BCUT2D eigenvalue weighted by Gasteiger charge is 2.11. The van der Waals surface area contributed by atoms with Crippen molar-refractivity contribution in [2.75, 3.05) is 20.2 Å². The average molecular weight is 382 g/mol.